The fraction of sp³-hybridized carbons (Fsp3) is 0.0769. The van der Waals surface area contributed by atoms with Gasteiger partial charge >= 0.3 is 0 Å². The second-order valence-corrected chi connectivity index (χ2v) is 5.88. The molecule has 0 fully saturated rings. The van der Waals surface area contributed by atoms with Crippen LogP contribution in [-0.2, 0) is 0 Å². The molecule has 0 saturated heterocycles. The summed E-state index contributed by atoms with van der Waals surface area (Å²) in [6, 6.07) is 12.6. The normalized spacial score (nSPS) is 11.8. The highest BCUT2D eigenvalue weighted by atomic mass is 35.5. The van der Waals surface area contributed by atoms with Crippen LogP contribution in [0.1, 0.15) is 11.1 Å². The minimum Gasteiger partial charge on any atom is -0.137 e. The summed E-state index contributed by atoms with van der Waals surface area (Å²) in [5, 5.41) is 2.07. The molecule has 0 aliphatic carbocycles. The summed E-state index contributed by atoms with van der Waals surface area (Å²) >= 11 is 9.31. The van der Waals surface area contributed by atoms with Gasteiger partial charge in [0.15, 0.2) is 0 Å². The Morgan fingerprint density at radius 1 is 1.25 bits per heavy atom. The molecule has 0 unspecified atom stereocenters. The van der Waals surface area contributed by atoms with Gasteiger partial charge in [-0.15, -0.1) is 11.3 Å². The molecule has 0 atom stereocenters. The molecule has 0 aliphatic heterocycles. The molecule has 1 aromatic heterocycles. The third kappa shape index (κ3) is 2.91. The number of rotatable bonds is 3. The lowest BCUT2D eigenvalue weighted by molar-refractivity contribution is 1.46. The van der Waals surface area contributed by atoms with Crippen molar-refractivity contribution >= 4 is 39.6 Å². The SMILES string of the molecule is Cc1ccc(/C(=C\Cl)Sc2cccs2)cc1. The number of aryl methyl sites for hydroxylation is 1. The van der Waals surface area contributed by atoms with Crippen molar-refractivity contribution in [2.75, 3.05) is 0 Å². The van der Waals surface area contributed by atoms with Gasteiger partial charge in [-0.25, -0.2) is 0 Å². The Morgan fingerprint density at radius 3 is 2.56 bits per heavy atom. The maximum Gasteiger partial charge on any atom is 0.0646 e. The second-order valence-electron chi connectivity index (χ2n) is 3.37. The second kappa shape index (κ2) is 5.58. The van der Waals surface area contributed by atoms with E-state index in [-0.39, 0.29) is 0 Å². The average molecular weight is 267 g/mol. The molecule has 16 heavy (non-hydrogen) atoms. The van der Waals surface area contributed by atoms with E-state index in [1.54, 1.807) is 28.6 Å². The van der Waals surface area contributed by atoms with E-state index >= 15 is 0 Å². The van der Waals surface area contributed by atoms with E-state index in [0.717, 1.165) is 4.91 Å². The van der Waals surface area contributed by atoms with Crippen LogP contribution in [0, 0.1) is 6.92 Å². The molecule has 2 rings (SSSR count). The molecule has 0 aliphatic rings. The van der Waals surface area contributed by atoms with Gasteiger partial charge in [0.1, 0.15) is 0 Å². The summed E-state index contributed by atoms with van der Waals surface area (Å²) in [5.74, 6) is 0. The van der Waals surface area contributed by atoms with Crippen molar-refractivity contribution in [2.45, 2.75) is 11.1 Å². The zero-order valence-electron chi connectivity index (χ0n) is 8.81. The Bertz CT molecular complexity index is 469. The van der Waals surface area contributed by atoms with Crippen molar-refractivity contribution in [3.05, 3.63) is 58.4 Å². The van der Waals surface area contributed by atoms with Crippen LogP contribution >= 0.6 is 34.7 Å². The molecule has 3 heteroatoms. The lowest BCUT2D eigenvalue weighted by Gasteiger charge is -2.04. The van der Waals surface area contributed by atoms with Crippen molar-refractivity contribution < 1.29 is 0 Å². The van der Waals surface area contributed by atoms with Gasteiger partial charge in [0.05, 0.1) is 4.21 Å². The van der Waals surface area contributed by atoms with Crippen LogP contribution in [0.25, 0.3) is 4.91 Å². The highest BCUT2D eigenvalue weighted by Gasteiger charge is 2.04. The highest BCUT2D eigenvalue weighted by molar-refractivity contribution is 8.09. The lowest BCUT2D eigenvalue weighted by Crippen LogP contribution is -1.79. The first-order chi connectivity index (χ1) is 7.79. The number of halogens is 1. The molecule has 0 saturated carbocycles. The van der Waals surface area contributed by atoms with Gasteiger partial charge in [-0.05, 0) is 23.9 Å². The van der Waals surface area contributed by atoms with Gasteiger partial charge in [0.2, 0.25) is 0 Å². The smallest absolute Gasteiger partial charge is 0.0646 e. The van der Waals surface area contributed by atoms with E-state index in [2.05, 4.69) is 42.6 Å². The maximum atomic E-state index is 5.88. The molecule has 0 bridgehead atoms. The highest BCUT2D eigenvalue weighted by Crippen LogP contribution is 2.37. The summed E-state index contributed by atoms with van der Waals surface area (Å²) in [6.07, 6.45) is 0. The van der Waals surface area contributed by atoms with Crippen molar-refractivity contribution in [2.24, 2.45) is 0 Å². The first-order valence-electron chi connectivity index (χ1n) is 4.88. The fourth-order valence-corrected chi connectivity index (χ4v) is 3.29. The standard InChI is InChI=1S/C13H11ClS2/c1-10-4-6-11(7-5-10)12(9-14)16-13-3-2-8-15-13/h2-9H,1H3/b12-9+. The van der Waals surface area contributed by atoms with Crippen LogP contribution in [0.2, 0.25) is 0 Å². The molecular formula is C13H11ClS2. The van der Waals surface area contributed by atoms with Crippen LogP contribution < -0.4 is 0 Å². The molecule has 0 radical (unpaired) electrons. The first-order valence-corrected chi connectivity index (χ1v) is 7.01. The van der Waals surface area contributed by atoms with Crippen LogP contribution in [0.4, 0.5) is 0 Å². The van der Waals surface area contributed by atoms with E-state index in [9.17, 15) is 0 Å². The van der Waals surface area contributed by atoms with Crippen LogP contribution in [-0.4, -0.2) is 0 Å². The van der Waals surface area contributed by atoms with Gasteiger partial charge in [0, 0.05) is 10.4 Å². The summed E-state index contributed by atoms with van der Waals surface area (Å²) < 4.78 is 1.26. The third-order valence-corrected chi connectivity index (χ3v) is 4.60. The van der Waals surface area contributed by atoms with Gasteiger partial charge in [-0.1, -0.05) is 59.3 Å². The minimum atomic E-state index is 1.09. The molecule has 2 aromatic rings. The zero-order chi connectivity index (χ0) is 11.4. The monoisotopic (exact) mass is 266 g/mol. The summed E-state index contributed by atoms with van der Waals surface area (Å²) in [6.45, 7) is 2.08. The molecule has 0 spiro atoms. The minimum absolute atomic E-state index is 1.09. The van der Waals surface area contributed by atoms with Crippen molar-refractivity contribution in [3.8, 4) is 0 Å². The quantitative estimate of drug-likeness (QED) is 0.672. The Hall–Kier alpha value is -0.700. The fourth-order valence-electron chi connectivity index (χ4n) is 1.29. The van der Waals surface area contributed by atoms with Crippen molar-refractivity contribution in [1.82, 2.24) is 0 Å². The van der Waals surface area contributed by atoms with Crippen LogP contribution in [0.15, 0.2) is 51.5 Å². The van der Waals surface area contributed by atoms with Gasteiger partial charge in [0.25, 0.3) is 0 Å². The zero-order valence-corrected chi connectivity index (χ0v) is 11.2. The summed E-state index contributed by atoms with van der Waals surface area (Å²) in [4.78, 5) is 1.09. The molecule has 1 aromatic carbocycles. The number of hydrogen-bond acceptors (Lipinski definition) is 2. The number of thioether (sulfide) groups is 1. The van der Waals surface area contributed by atoms with Crippen LogP contribution in [0.5, 0.6) is 0 Å². The number of hydrogen-bond donors (Lipinski definition) is 0. The molecule has 0 nitrogen and oxygen atoms in total. The van der Waals surface area contributed by atoms with E-state index in [4.69, 9.17) is 11.6 Å². The summed E-state index contributed by atoms with van der Waals surface area (Å²) in [5.41, 5.74) is 4.08. The Kier molecular flexibility index (Phi) is 4.10. The van der Waals surface area contributed by atoms with E-state index in [0.29, 0.717) is 0 Å². The Labute approximate surface area is 109 Å². The molecular weight excluding hydrogens is 256 g/mol. The largest absolute Gasteiger partial charge is 0.137 e. The average Bonchev–Trinajstić information content (AvgIpc) is 2.80. The van der Waals surface area contributed by atoms with Gasteiger partial charge in [-0.2, -0.15) is 0 Å². The first kappa shape index (κ1) is 11.8. The molecule has 1 heterocycles. The predicted molar refractivity (Wildman–Crippen MR) is 75.2 cm³/mol. The van der Waals surface area contributed by atoms with Crippen LogP contribution in [0.3, 0.4) is 0 Å². The maximum absolute atomic E-state index is 5.88. The van der Waals surface area contributed by atoms with E-state index in [1.165, 1.54) is 15.3 Å². The molecule has 0 N–H and O–H groups in total. The van der Waals surface area contributed by atoms with Gasteiger partial charge in [-0.3, -0.25) is 0 Å². The van der Waals surface area contributed by atoms with E-state index in [1.807, 2.05) is 6.07 Å². The van der Waals surface area contributed by atoms with Crippen molar-refractivity contribution in [3.63, 3.8) is 0 Å². The third-order valence-electron chi connectivity index (χ3n) is 2.14. The summed E-state index contributed by atoms with van der Waals surface area (Å²) in [7, 11) is 0. The Balaban J connectivity index is 2.20. The number of thiophene rings is 1. The topological polar surface area (TPSA) is 0 Å². The Morgan fingerprint density at radius 2 is 2.00 bits per heavy atom. The van der Waals surface area contributed by atoms with Gasteiger partial charge < -0.3 is 0 Å². The van der Waals surface area contributed by atoms with Crippen molar-refractivity contribution in [1.29, 1.82) is 0 Å². The molecule has 0 amide bonds. The predicted octanol–water partition coefficient (Wildman–Crippen LogP) is 5.39. The number of benzene rings is 1. The van der Waals surface area contributed by atoms with E-state index < -0.39 is 0 Å². The lowest BCUT2D eigenvalue weighted by atomic mass is 10.1. The molecule has 82 valence electrons.